The summed E-state index contributed by atoms with van der Waals surface area (Å²) in [6, 6.07) is 0. The van der Waals surface area contributed by atoms with Gasteiger partial charge in [-0.2, -0.15) is 0 Å². The molecule has 0 saturated heterocycles. The lowest BCUT2D eigenvalue weighted by molar-refractivity contribution is -0.141. The lowest BCUT2D eigenvalue weighted by atomic mass is 9.46. The highest BCUT2D eigenvalue weighted by molar-refractivity contribution is 14.2. The molecule has 9 atom stereocenters. The molecule has 4 aliphatic rings. The highest BCUT2D eigenvalue weighted by Gasteiger charge is 2.62. The van der Waals surface area contributed by atoms with E-state index in [1.165, 1.54) is 69.8 Å². The number of carbonyl (C=O) groups excluding carboxylic acids is 1. The van der Waals surface area contributed by atoms with Gasteiger partial charge in [0.05, 0.1) is 22.4 Å². The Morgan fingerprint density at radius 1 is 1.12 bits per heavy atom. The Bertz CT molecular complexity index is 752. The SMILES string of the molecule is COC(=O)CC[C@@H](C)[C@H]1CC[C@H]2[C@@H]3C(OSI)=C[C@@H]4C[C@H](OSI)CC[C@]4(C)[C@H]3CC[C@]12C. The molecule has 33 heavy (non-hydrogen) atoms. The van der Waals surface area contributed by atoms with Crippen molar-refractivity contribution in [2.75, 3.05) is 7.11 Å². The first-order valence-electron chi connectivity index (χ1n) is 12.5. The second kappa shape index (κ2) is 11.3. The molecule has 8 heteroatoms. The van der Waals surface area contributed by atoms with Gasteiger partial charge in [0, 0.05) is 54.7 Å². The van der Waals surface area contributed by atoms with E-state index in [1.807, 2.05) is 0 Å². The number of carbonyl (C=O) groups is 1. The normalized spacial score (nSPS) is 43.0. The van der Waals surface area contributed by atoms with Crippen molar-refractivity contribution in [3.8, 4) is 0 Å². The number of hydrogen-bond acceptors (Lipinski definition) is 6. The van der Waals surface area contributed by atoms with Gasteiger partial charge in [-0.3, -0.25) is 4.79 Å². The van der Waals surface area contributed by atoms with Gasteiger partial charge in [-0.25, -0.2) is 0 Å². The molecule has 0 aromatic carbocycles. The summed E-state index contributed by atoms with van der Waals surface area (Å²) in [7, 11) is 4.46. The van der Waals surface area contributed by atoms with E-state index >= 15 is 0 Å². The maximum atomic E-state index is 11.8. The molecule has 0 spiro atoms. The molecule has 0 aromatic rings. The largest absolute Gasteiger partial charge is 0.469 e. The summed E-state index contributed by atoms with van der Waals surface area (Å²) in [6.07, 6.45) is 13.1. The fourth-order valence-electron chi connectivity index (χ4n) is 8.51. The van der Waals surface area contributed by atoms with Crippen LogP contribution in [0.3, 0.4) is 0 Å². The first kappa shape index (κ1) is 27.2. The van der Waals surface area contributed by atoms with Gasteiger partial charge in [0.15, 0.2) is 0 Å². The number of halogens is 2. The molecule has 0 bridgehead atoms. The molecule has 4 rings (SSSR count). The molecule has 4 nitrogen and oxygen atoms in total. The van der Waals surface area contributed by atoms with Crippen LogP contribution in [0.1, 0.15) is 78.6 Å². The molecule has 4 aliphatic carbocycles. The summed E-state index contributed by atoms with van der Waals surface area (Å²) in [5.74, 6) is 4.85. The van der Waals surface area contributed by atoms with Gasteiger partial charge in [-0.05, 0) is 97.9 Å². The predicted molar refractivity (Wildman–Crippen MR) is 154 cm³/mol. The van der Waals surface area contributed by atoms with Crippen LogP contribution >= 0.6 is 60.8 Å². The van der Waals surface area contributed by atoms with Gasteiger partial charge in [0.2, 0.25) is 0 Å². The molecular weight excluding hydrogens is 682 g/mol. The van der Waals surface area contributed by atoms with Crippen molar-refractivity contribution in [2.24, 2.45) is 46.3 Å². The minimum atomic E-state index is -0.0743. The number of methoxy groups -OCH3 is 1. The summed E-state index contributed by atoms with van der Waals surface area (Å²) in [6.45, 7) is 7.50. The molecule has 3 saturated carbocycles. The van der Waals surface area contributed by atoms with Crippen molar-refractivity contribution >= 4 is 66.8 Å². The van der Waals surface area contributed by atoms with Crippen molar-refractivity contribution in [3.63, 3.8) is 0 Å². The number of hydrogen-bond donors (Lipinski definition) is 0. The van der Waals surface area contributed by atoms with Crippen LogP contribution in [0.4, 0.5) is 0 Å². The third kappa shape index (κ3) is 5.13. The summed E-state index contributed by atoms with van der Waals surface area (Å²) < 4.78 is 17.2. The quantitative estimate of drug-likeness (QED) is 0.142. The molecule has 0 aliphatic heterocycles. The van der Waals surface area contributed by atoms with Crippen molar-refractivity contribution in [1.82, 2.24) is 0 Å². The van der Waals surface area contributed by atoms with E-state index in [0.29, 0.717) is 58.9 Å². The van der Waals surface area contributed by atoms with Crippen LogP contribution < -0.4 is 0 Å². The Balaban J connectivity index is 1.59. The van der Waals surface area contributed by atoms with Crippen LogP contribution in [-0.2, 0) is 17.9 Å². The van der Waals surface area contributed by atoms with E-state index < -0.39 is 0 Å². The van der Waals surface area contributed by atoms with Crippen LogP contribution in [0, 0.1) is 46.3 Å². The minimum absolute atomic E-state index is 0.0743. The van der Waals surface area contributed by atoms with Crippen LogP contribution in [0.25, 0.3) is 0 Å². The molecule has 3 fully saturated rings. The van der Waals surface area contributed by atoms with Crippen molar-refractivity contribution < 1.29 is 17.9 Å². The summed E-state index contributed by atoms with van der Waals surface area (Å²) >= 11 is 4.53. The smallest absolute Gasteiger partial charge is 0.305 e. The first-order valence-corrected chi connectivity index (χ1v) is 19.0. The number of rotatable bonds is 8. The Morgan fingerprint density at radius 2 is 1.85 bits per heavy atom. The molecule has 0 radical (unpaired) electrons. The monoisotopic (exact) mass is 720 g/mol. The van der Waals surface area contributed by atoms with E-state index in [2.05, 4.69) is 69.3 Å². The fraction of sp³-hybridized carbons (Fsp3) is 0.880. The molecule has 0 amide bonds. The maximum absolute atomic E-state index is 11.8. The van der Waals surface area contributed by atoms with Gasteiger partial charge in [0.1, 0.15) is 15.0 Å². The highest BCUT2D eigenvalue weighted by Crippen LogP contribution is 2.68. The zero-order valence-corrected chi connectivity index (χ0v) is 26.1. The van der Waals surface area contributed by atoms with Crippen LogP contribution in [0.2, 0.25) is 0 Å². The number of ether oxygens (including phenoxy) is 1. The van der Waals surface area contributed by atoms with E-state index in [-0.39, 0.29) is 5.97 Å². The van der Waals surface area contributed by atoms with Gasteiger partial charge >= 0.3 is 5.97 Å². The zero-order valence-electron chi connectivity index (χ0n) is 20.2. The maximum Gasteiger partial charge on any atom is 0.305 e. The Morgan fingerprint density at radius 3 is 2.55 bits per heavy atom. The zero-order chi connectivity index (χ0) is 23.8. The molecule has 0 unspecified atom stereocenters. The van der Waals surface area contributed by atoms with E-state index in [4.69, 9.17) is 13.1 Å². The fourth-order valence-corrected chi connectivity index (χ4v) is 10.5. The third-order valence-corrected chi connectivity index (χ3v) is 12.0. The van der Waals surface area contributed by atoms with Crippen LogP contribution in [0.15, 0.2) is 11.8 Å². The lowest BCUT2D eigenvalue weighted by Gasteiger charge is -2.59. The predicted octanol–water partition coefficient (Wildman–Crippen LogP) is 8.74. The number of allylic oxidation sites excluding steroid dienone is 2. The second-order valence-corrected chi connectivity index (χ2v) is 14.2. The van der Waals surface area contributed by atoms with Crippen molar-refractivity contribution in [1.29, 1.82) is 0 Å². The molecule has 0 aromatic heterocycles. The minimum Gasteiger partial charge on any atom is -0.469 e. The molecule has 0 N–H and O–H groups in total. The molecular formula is C25H38I2O4S2. The van der Waals surface area contributed by atoms with Gasteiger partial charge in [0.25, 0.3) is 0 Å². The first-order chi connectivity index (χ1) is 15.8. The van der Waals surface area contributed by atoms with Gasteiger partial charge in [-0.15, -0.1) is 0 Å². The highest BCUT2D eigenvalue weighted by atomic mass is 127. The van der Waals surface area contributed by atoms with E-state index in [9.17, 15) is 4.79 Å². The second-order valence-electron chi connectivity index (χ2n) is 11.4. The van der Waals surface area contributed by atoms with Crippen molar-refractivity contribution in [3.05, 3.63) is 11.8 Å². The Kier molecular flexibility index (Phi) is 9.27. The topological polar surface area (TPSA) is 44.8 Å². The van der Waals surface area contributed by atoms with Gasteiger partial charge in [-0.1, -0.05) is 20.8 Å². The molecule has 0 heterocycles. The van der Waals surface area contributed by atoms with Crippen LogP contribution in [-0.4, -0.2) is 19.2 Å². The average molecular weight is 721 g/mol. The van der Waals surface area contributed by atoms with Crippen molar-refractivity contribution in [2.45, 2.75) is 84.7 Å². The third-order valence-electron chi connectivity index (χ3n) is 10.3. The number of esters is 1. The average Bonchev–Trinajstić information content (AvgIpc) is 3.15. The number of fused-ring (bicyclic) bond motifs is 5. The lowest BCUT2D eigenvalue weighted by Crippen LogP contribution is -2.54. The van der Waals surface area contributed by atoms with Crippen LogP contribution in [0.5, 0.6) is 0 Å². The molecule has 188 valence electrons. The van der Waals surface area contributed by atoms with E-state index in [1.54, 1.807) is 0 Å². The Labute approximate surface area is 232 Å². The summed E-state index contributed by atoms with van der Waals surface area (Å²) in [5.41, 5.74) is 0.676. The summed E-state index contributed by atoms with van der Waals surface area (Å²) in [5, 5.41) is 0. The standard InChI is InChI=1S/C25H38I2O4S2/c1-15(5-8-22(28)29-4)18-6-7-19-23-20(10-12-25(18,19)3)24(2)11-9-17(30-32-26)13-16(24)14-21(23)31-33-27/h14-20,23H,5-13H2,1-4H3/t15-,16+,17-,18-,19+,20+,23+,24+,25-/m1/s1. The summed E-state index contributed by atoms with van der Waals surface area (Å²) in [4.78, 5) is 11.8. The Hall–Kier alpha value is 1.13. The van der Waals surface area contributed by atoms with Gasteiger partial charge < -0.3 is 13.1 Å². The van der Waals surface area contributed by atoms with E-state index in [0.717, 1.165) is 12.8 Å².